The summed E-state index contributed by atoms with van der Waals surface area (Å²) in [5.74, 6) is 1.27. The zero-order valence-electron chi connectivity index (χ0n) is 17.5. The highest BCUT2D eigenvalue weighted by molar-refractivity contribution is 5.93. The van der Waals surface area contributed by atoms with Crippen LogP contribution < -0.4 is 25.6 Å². The fraction of sp³-hybridized carbons (Fsp3) is 0.409. The van der Waals surface area contributed by atoms with Crippen molar-refractivity contribution in [2.45, 2.75) is 39.2 Å². The maximum Gasteiger partial charge on any atom is 0.319 e. The maximum atomic E-state index is 12.2. The van der Waals surface area contributed by atoms with E-state index in [-0.39, 0.29) is 11.9 Å². The van der Waals surface area contributed by atoms with Crippen molar-refractivity contribution in [3.8, 4) is 5.75 Å². The molecule has 2 aromatic rings. The van der Waals surface area contributed by atoms with Crippen LogP contribution in [-0.2, 0) is 11.3 Å². The number of urea groups is 1. The Bertz CT molecular complexity index is 862. The Morgan fingerprint density at radius 3 is 2.47 bits per heavy atom. The number of methoxy groups -OCH3 is 1. The van der Waals surface area contributed by atoms with Crippen molar-refractivity contribution in [2.24, 2.45) is 0 Å². The standard InChI is InChI=1S/C22H29N5O3/c1-16(28)25-19-9-8-18(13-20(19)30-2)26-22(29)24-15-17-7-10-21(23-14-17)27-11-5-3-4-6-12-27/h7-10,13-14H,3-6,11-12,15H2,1-2H3,(H,25,28)(H2,24,26,29). The molecule has 3 amide bonds. The van der Waals surface area contributed by atoms with E-state index in [2.05, 4.69) is 25.8 Å². The zero-order valence-corrected chi connectivity index (χ0v) is 17.5. The molecule has 1 aliphatic heterocycles. The maximum absolute atomic E-state index is 12.2. The molecule has 3 N–H and O–H groups in total. The van der Waals surface area contributed by atoms with Gasteiger partial charge in [0.15, 0.2) is 0 Å². The molecule has 1 aromatic carbocycles. The van der Waals surface area contributed by atoms with Crippen LogP contribution in [0.4, 0.5) is 22.0 Å². The molecule has 0 spiro atoms. The topological polar surface area (TPSA) is 95.6 Å². The second-order valence-electron chi connectivity index (χ2n) is 7.33. The van der Waals surface area contributed by atoms with E-state index in [9.17, 15) is 9.59 Å². The molecule has 0 aliphatic carbocycles. The Kier molecular flexibility index (Phi) is 7.48. The van der Waals surface area contributed by atoms with Crippen LogP contribution >= 0.6 is 0 Å². The van der Waals surface area contributed by atoms with Crippen molar-refractivity contribution in [3.05, 3.63) is 42.1 Å². The fourth-order valence-electron chi connectivity index (χ4n) is 3.43. The molecule has 8 nitrogen and oxygen atoms in total. The molecule has 0 saturated carbocycles. The lowest BCUT2D eigenvalue weighted by Gasteiger charge is -2.21. The van der Waals surface area contributed by atoms with Gasteiger partial charge in [0.2, 0.25) is 5.91 Å². The van der Waals surface area contributed by atoms with Gasteiger partial charge in [-0.1, -0.05) is 18.9 Å². The summed E-state index contributed by atoms with van der Waals surface area (Å²) in [6.07, 6.45) is 6.81. The number of nitrogens with one attached hydrogen (secondary N) is 3. The molecule has 0 bridgehead atoms. The number of nitrogens with zero attached hydrogens (tertiary/aromatic N) is 2. The molecular weight excluding hydrogens is 382 g/mol. The highest BCUT2D eigenvalue weighted by atomic mass is 16.5. The Balaban J connectivity index is 1.52. The summed E-state index contributed by atoms with van der Waals surface area (Å²) in [6, 6.07) is 8.72. The van der Waals surface area contributed by atoms with Gasteiger partial charge in [0.25, 0.3) is 0 Å². The molecule has 1 saturated heterocycles. The average Bonchev–Trinajstić information content (AvgIpc) is 3.03. The molecule has 0 radical (unpaired) electrons. The summed E-state index contributed by atoms with van der Waals surface area (Å²) >= 11 is 0. The third-order valence-corrected chi connectivity index (χ3v) is 4.96. The second kappa shape index (κ2) is 10.5. The van der Waals surface area contributed by atoms with Gasteiger partial charge in [-0.05, 0) is 36.6 Å². The summed E-state index contributed by atoms with van der Waals surface area (Å²) in [4.78, 5) is 30.4. The summed E-state index contributed by atoms with van der Waals surface area (Å²) in [5, 5.41) is 8.27. The van der Waals surface area contributed by atoms with Crippen LogP contribution in [-0.4, -0.2) is 37.1 Å². The van der Waals surface area contributed by atoms with E-state index < -0.39 is 0 Å². The Hall–Kier alpha value is -3.29. The number of anilines is 3. The van der Waals surface area contributed by atoms with Gasteiger partial charge in [0, 0.05) is 44.5 Å². The number of aromatic nitrogens is 1. The van der Waals surface area contributed by atoms with Crippen LogP contribution in [0.15, 0.2) is 36.5 Å². The van der Waals surface area contributed by atoms with Crippen LogP contribution in [0, 0.1) is 0 Å². The van der Waals surface area contributed by atoms with Gasteiger partial charge in [-0.25, -0.2) is 9.78 Å². The monoisotopic (exact) mass is 411 g/mol. The van der Waals surface area contributed by atoms with Crippen LogP contribution in [0.1, 0.15) is 38.2 Å². The number of carbonyl (C=O) groups excluding carboxylic acids is 2. The summed E-state index contributed by atoms with van der Waals surface area (Å²) in [7, 11) is 1.51. The number of ether oxygens (including phenoxy) is 1. The first-order valence-electron chi connectivity index (χ1n) is 10.3. The highest BCUT2D eigenvalue weighted by Crippen LogP contribution is 2.28. The molecule has 1 aliphatic rings. The van der Waals surface area contributed by atoms with Crippen molar-refractivity contribution < 1.29 is 14.3 Å². The molecule has 1 aromatic heterocycles. The van der Waals surface area contributed by atoms with Gasteiger partial charge in [-0.3, -0.25) is 4.79 Å². The predicted molar refractivity (Wildman–Crippen MR) is 118 cm³/mol. The lowest BCUT2D eigenvalue weighted by atomic mass is 10.2. The number of pyridine rings is 1. The van der Waals surface area contributed by atoms with Crippen LogP contribution in [0.3, 0.4) is 0 Å². The Morgan fingerprint density at radius 2 is 1.83 bits per heavy atom. The van der Waals surface area contributed by atoms with Crippen LogP contribution in [0.25, 0.3) is 0 Å². The lowest BCUT2D eigenvalue weighted by Crippen LogP contribution is -2.28. The zero-order chi connectivity index (χ0) is 21.3. The van der Waals surface area contributed by atoms with Gasteiger partial charge < -0.3 is 25.6 Å². The van der Waals surface area contributed by atoms with E-state index in [4.69, 9.17) is 4.74 Å². The van der Waals surface area contributed by atoms with E-state index in [0.717, 1.165) is 24.5 Å². The smallest absolute Gasteiger partial charge is 0.319 e. The Labute approximate surface area is 177 Å². The van der Waals surface area contributed by atoms with E-state index in [1.807, 2.05) is 18.3 Å². The van der Waals surface area contributed by atoms with Gasteiger partial charge >= 0.3 is 6.03 Å². The molecule has 160 valence electrons. The first kappa shape index (κ1) is 21.4. The van der Waals surface area contributed by atoms with Crippen molar-refractivity contribution in [1.82, 2.24) is 10.3 Å². The number of amides is 3. The number of rotatable bonds is 6. The molecule has 30 heavy (non-hydrogen) atoms. The Morgan fingerprint density at radius 1 is 1.07 bits per heavy atom. The first-order chi connectivity index (χ1) is 14.5. The van der Waals surface area contributed by atoms with Gasteiger partial charge in [0.1, 0.15) is 11.6 Å². The van der Waals surface area contributed by atoms with E-state index in [1.54, 1.807) is 18.2 Å². The first-order valence-corrected chi connectivity index (χ1v) is 10.3. The van der Waals surface area contributed by atoms with Crippen molar-refractivity contribution in [2.75, 3.05) is 35.7 Å². The number of hydrogen-bond acceptors (Lipinski definition) is 5. The number of carbonyl (C=O) groups is 2. The van der Waals surface area contributed by atoms with Crippen molar-refractivity contribution in [1.29, 1.82) is 0 Å². The van der Waals surface area contributed by atoms with E-state index >= 15 is 0 Å². The van der Waals surface area contributed by atoms with Crippen LogP contribution in [0.2, 0.25) is 0 Å². The predicted octanol–water partition coefficient (Wildman–Crippen LogP) is 3.75. The molecule has 0 unspecified atom stereocenters. The largest absolute Gasteiger partial charge is 0.494 e. The SMILES string of the molecule is COc1cc(NC(=O)NCc2ccc(N3CCCCCC3)nc2)ccc1NC(C)=O. The van der Waals surface area contributed by atoms with Gasteiger partial charge in [-0.2, -0.15) is 0 Å². The highest BCUT2D eigenvalue weighted by Gasteiger charge is 2.11. The average molecular weight is 412 g/mol. The molecular formula is C22H29N5O3. The minimum atomic E-state index is -0.332. The number of benzene rings is 1. The summed E-state index contributed by atoms with van der Waals surface area (Å²) < 4.78 is 5.27. The van der Waals surface area contributed by atoms with Crippen LogP contribution in [0.5, 0.6) is 5.75 Å². The van der Waals surface area contributed by atoms with Crippen molar-refractivity contribution in [3.63, 3.8) is 0 Å². The minimum absolute atomic E-state index is 0.192. The van der Waals surface area contributed by atoms with E-state index in [0.29, 0.717) is 23.7 Å². The number of hydrogen-bond donors (Lipinski definition) is 3. The van der Waals surface area contributed by atoms with Gasteiger partial charge in [0.05, 0.1) is 12.8 Å². The molecule has 1 fully saturated rings. The summed E-state index contributed by atoms with van der Waals surface area (Å²) in [5.41, 5.74) is 2.04. The van der Waals surface area contributed by atoms with Crippen molar-refractivity contribution >= 4 is 29.1 Å². The summed E-state index contributed by atoms with van der Waals surface area (Å²) in [6.45, 7) is 3.91. The molecule has 0 atom stereocenters. The van der Waals surface area contributed by atoms with E-state index in [1.165, 1.54) is 39.7 Å². The third kappa shape index (κ3) is 6.10. The van der Waals surface area contributed by atoms with Gasteiger partial charge in [-0.15, -0.1) is 0 Å². The third-order valence-electron chi connectivity index (χ3n) is 4.96. The quantitative estimate of drug-likeness (QED) is 0.673. The molecule has 2 heterocycles. The lowest BCUT2D eigenvalue weighted by molar-refractivity contribution is -0.114. The second-order valence-corrected chi connectivity index (χ2v) is 7.33. The molecule has 8 heteroatoms. The normalized spacial score (nSPS) is 13.9. The minimum Gasteiger partial charge on any atom is -0.494 e. The molecule has 3 rings (SSSR count). The fourth-order valence-corrected chi connectivity index (χ4v) is 3.43.